The monoisotopic (exact) mass is 429 g/mol. The number of para-hydroxylation sites is 1. The molecule has 2 nitrogen and oxygen atoms in total. The van der Waals surface area contributed by atoms with Crippen LogP contribution >= 0.6 is 0 Å². The maximum atomic E-state index is 13.9. The number of aromatic nitrogens is 1. The molecule has 0 saturated carbocycles. The number of allylic oxidation sites excluding steroid dienone is 1. The van der Waals surface area contributed by atoms with E-state index in [2.05, 4.69) is 59.8 Å². The Morgan fingerprint density at radius 2 is 1.69 bits per heavy atom. The van der Waals surface area contributed by atoms with Crippen LogP contribution in [0.1, 0.15) is 64.3 Å². The highest BCUT2D eigenvalue weighted by Gasteiger charge is 2.35. The summed E-state index contributed by atoms with van der Waals surface area (Å²) in [5.74, 6) is 1.26. The maximum absolute atomic E-state index is 13.9. The zero-order valence-corrected chi connectivity index (χ0v) is 19.9. The fraction of sp³-hybridized carbons (Fsp3) is 0.345. The Morgan fingerprint density at radius 1 is 1.00 bits per heavy atom. The van der Waals surface area contributed by atoms with Crippen molar-refractivity contribution in [3.63, 3.8) is 0 Å². The topological polar surface area (TPSA) is 22.1 Å². The van der Waals surface area contributed by atoms with Gasteiger partial charge in [0.2, 0.25) is 0 Å². The highest BCUT2D eigenvalue weighted by Crippen LogP contribution is 2.48. The van der Waals surface area contributed by atoms with Gasteiger partial charge in [-0.3, -0.25) is 4.98 Å². The van der Waals surface area contributed by atoms with Crippen molar-refractivity contribution >= 4 is 6.08 Å². The van der Waals surface area contributed by atoms with Crippen LogP contribution in [0.15, 0.2) is 54.6 Å². The van der Waals surface area contributed by atoms with Crippen LogP contribution in [0.2, 0.25) is 0 Å². The lowest BCUT2D eigenvalue weighted by Crippen LogP contribution is -2.27. The van der Waals surface area contributed by atoms with Gasteiger partial charge >= 0.3 is 0 Å². The van der Waals surface area contributed by atoms with E-state index in [0.717, 1.165) is 45.0 Å². The first-order valence-corrected chi connectivity index (χ1v) is 11.4. The molecule has 0 bridgehead atoms. The van der Waals surface area contributed by atoms with E-state index in [-0.39, 0.29) is 17.2 Å². The molecule has 3 aromatic rings. The van der Waals surface area contributed by atoms with Crippen LogP contribution in [-0.2, 0) is 5.41 Å². The van der Waals surface area contributed by atoms with Gasteiger partial charge in [0, 0.05) is 16.5 Å². The molecule has 1 aliphatic rings. The zero-order valence-electron chi connectivity index (χ0n) is 19.9. The molecule has 0 spiro atoms. The summed E-state index contributed by atoms with van der Waals surface area (Å²) in [4.78, 5) is 5.29. The van der Waals surface area contributed by atoms with Crippen LogP contribution in [0.25, 0.3) is 28.5 Å². The molecule has 1 aliphatic heterocycles. The molecule has 0 unspecified atom stereocenters. The van der Waals surface area contributed by atoms with E-state index in [9.17, 15) is 4.39 Å². The van der Waals surface area contributed by atoms with Crippen molar-refractivity contribution in [1.82, 2.24) is 4.98 Å². The summed E-state index contributed by atoms with van der Waals surface area (Å²) in [5.41, 5.74) is 7.14. The first kappa shape index (κ1) is 22.3. The fourth-order valence-corrected chi connectivity index (χ4v) is 4.40. The van der Waals surface area contributed by atoms with Gasteiger partial charge in [-0.15, -0.1) is 0 Å². The Kier molecular flexibility index (Phi) is 5.94. The SMILES string of the molecule is CC(C)/C=C/c1c(C(C)C)nc2c(c1-c1ccc(F)cc1)C(C)(C)COc1ccccc1-2. The molecular formula is C29H32FNO. The Morgan fingerprint density at radius 3 is 2.34 bits per heavy atom. The minimum absolute atomic E-state index is 0.228. The van der Waals surface area contributed by atoms with Crippen LogP contribution < -0.4 is 4.74 Å². The van der Waals surface area contributed by atoms with E-state index in [0.29, 0.717) is 12.5 Å². The first-order valence-electron chi connectivity index (χ1n) is 11.4. The third-order valence-corrected chi connectivity index (χ3v) is 6.00. The van der Waals surface area contributed by atoms with Crippen LogP contribution in [0.4, 0.5) is 4.39 Å². The predicted molar refractivity (Wildman–Crippen MR) is 132 cm³/mol. The van der Waals surface area contributed by atoms with Gasteiger partial charge < -0.3 is 4.74 Å². The van der Waals surface area contributed by atoms with Gasteiger partial charge in [-0.05, 0) is 52.8 Å². The summed E-state index contributed by atoms with van der Waals surface area (Å²) in [6, 6.07) is 15.0. The molecule has 1 aromatic heterocycles. The van der Waals surface area contributed by atoms with E-state index in [1.165, 1.54) is 0 Å². The van der Waals surface area contributed by atoms with Gasteiger partial charge in [-0.25, -0.2) is 4.39 Å². The molecule has 0 amide bonds. The average Bonchev–Trinajstić information content (AvgIpc) is 2.86. The van der Waals surface area contributed by atoms with Gasteiger partial charge in [0.25, 0.3) is 0 Å². The molecule has 0 atom stereocenters. The van der Waals surface area contributed by atoms with E-state index < -0.39 is 0 Å². The molecule has 166 valence electrons. The van der Waals surface area contributed by atoms with Crippen LogP contribution in [-0.4, -0.2) is 11.6 Å². The number of fused-ring (bicyclic) bond motifs is 3. The van der Waals surface area contributed by atoms with Crippen molar-refractivity contribution in [2.24, 2.45) is 5.92 Å². The van der Waals surface area contributed by atoms with Crippen LogP contribution in [0, 0.1) is 11.7 Å². The number of rotatable bonds is 4. The molecule has 0 N–H and O–H groups in total. The third-order valence-electron chi connectivity index (χ3n) is 6.00. The highest BCUT2D eigenvalue weighted by atomic mass is 19.1. The second-order valence-electron chi connectivity index (χ2n) is 9.94. The molecule has 4 rings (SSSR count). The molecule has 2 heterocycles. The van der Waals surface area contributed by atoms with Crippen molar-refractivity contribution in [3.05, 3.63) is 77.2 Å². The Labute approximate surface area is 191 Å². The van der Waals surface area contributed by atoms with Crippen molar-refractivity contribution < 1.29 is 9.13 Å². The van der Waals surface area contributed by atoms with Crippen LogP contribution in [0.5, 0.6) is 5.75 Å². The van der Waals surface area contributed by atoms with E-state index in [1.807, 2.05) is 30.3 Å². The number of ether oxygens (including phenoxy) is 1. The minimum atomic E-state index is -0.291. The fourth-order valence-electron chi connectivity index (χ4n) is 4.40. The quantitative estimate of drug-likeness (QED) is 0.419. The maximum Gasteiger partial charge on any atom is 0.128 e. The van der Waals surface area contributed by atoms with Gasteiger partial charge in [-0.2, -0.15) is 0 Å². The average molecular weight is 430 g/mol. The van der Waals surface area contributed by atoms with Gasteiger partial charge in [0.15, 0.2) is 0 Å². The molecule has 0 saturated heterocycles. The highest BCUT2D eigenvalue weighted by molar-refractivity contribution is 5.87. The van der Waals surface area contributed by atoms with E-state index >= 15 is 0 Å². The van der Waals surface area contributed by atoms with Crippen molar-refractivity contribution in [2.45, 2.75) is 52.9 Å². The van der Waals surface area contributed by atoms with Crippen molar-refractivity contribution in [3.8, 4) is 28.1 Å². The molecule has 0 fully saturated rings. The van der Waals surface area contributed by atoms with Crippen LogP contribution in [0.3, 0.4) is 0 Å². The smallest absolute Gasteiger partial charge is 0.128 e. The largest absolute Gasteiger partial charge is 0.492 e. The first-order chi connectivity index (χ1) is 15.2. The third kappa shape index (κ3) is 4.09. The second kappa shape index (κ2) is 8.54. The summed E-state index contributed by atoms with van der Waals surface area (Å²) >= 11 is 0. The Hall–Kier alpha value is -2.94. The summed E-state index contributed by atoms with van der Waals surface area (Å²) in [6.45, 7) is 13.7. The molecule has 3 heteroatoms. The Bertz CT molecular complexity index is 1160. The number of hydrogen-bond acceptors (Lipinski definition) is 2. The summed E-state index contributed by atoms with van der Waals surface area (Å²) in [5, 5.41) is 0. The number of benzene rings is 2. The lowest BCUT2D eigenvalue weighted by molar-refractivity contribution is 0.246. The molecule has 2 aromatic carbocycles. The minimum Gasteiger partial charge on any atom is -0.492 e. The van der Waals surface area contributed by atoms with Crippen molar-refractivity contribution in [1.29, 1.82) is 0 Å². The number of nitrogens with zero attached hydrogens (tertiary/aromatic N) is 1. The standard InChI is InChI=1S/C29H32FNO/c1-18(2)11-16-23-25(20-12-14-21(30)15-13-20)26-28(31-27(23)19(3)4)22-9-7-8-10-24(22)32-17-29(26,5)6/h7-16,18-19H,17H2,1-6H3/b16-11+. The predicted octanol–water partition coefficient (Wildman–Crippen LogP) is 8.02. The van der Waals surface area contributed by atoms with E-state index in [4.69, 9.17) is 9.72 Å². The lowest BCUT2D eigenvalue weighted by atomic mass is 9.76. The lowest BCUT2D eigenvalue weighted by Gasteiger charge is -2.30. The summed E-state index contributed by atoms with van der Waals surface area (Å²) in [7, 11) is 0. The van der Waals surface area contributed by atoms with Gasteiger partial charge in [-0.1, -0.05) is 78.0 Å². The van der Waals surface area contributed by atoms with Gasteiger partial charge in [0.1, 0.15) is 11.6 Å². The number of pyridine rings is 1. The summed E-state index contributed by atoms with van der Waals surface area (Å²) in [6.07, 6.45) is 4.43. The molecule has 0 aliphatic carbocycles. The second-order valence-corrected chi connectivity index (χ2v) is 9.94. The van der Waals surface area contributed by atoms with Gasteiger partial charge in [0.05, 0.1) is 18.0 Å². The zero-order chi connectivity index (χ0) is 23.0. The van der Waals surface area contributed by atoms with Crippen molar-refractivity contribution in [2.75, 3.05) is 6.61 Å². The molecular weight excluding hydrogens is 397 g/mol. The molecule has 32 heavy (non-hydrogen) atoms. The Balaban J connectivity index is 2.18. The molecule has 0 radical (unpaired) electrons. The normalized spacial score (nSPS) is 14.9. The number of hydrogen-bond donors (Lipinski definition) is 0. The number of halogens is 1. The van der Waals surface area contributed by atoms with E-state index in [1.54, 1.807) is 12.1 Å². The summed E-state index contributed by atoms with van der Waals surface area (Å²) < 4.78 is 20.1.